The summed E-state index contributed by atoms with van der Waals surface area (Å²) in [6.07, 6.45) is 74.8. The second-order valence-corrected chi connectivity index (χ2v) is 17.4. The number of carbonyl (C=O) groups excluding carboxylic acids is 3. The molecular formula is C61H98O6. The molecule has 0 amide bonds. The Bertz CT molecular complexity index is 1440. The minimum Gasteiger partial charge on any atom is -0.462 e. The van der Waals surface area contributed by atoms with Gasteiger partial charge in [-0.3, -0.25) is 14.4 Å². The summed E-state index contributed by atoms with van der Waals surface area (Å²) < 4.78 is 16.7. The summed E-state index contributed by atoms with van der Waals surface area (Å²) in [6.45, 7) is 6.32. The van der Waals surface area contributed by atoms with Crippen molar-refractivity contribution < 1.29 is 28.6 Å². The normalized spacial score (nSPS) is 13.1. The Labute approximate surface area is 412 Å². The van der Waals surface area contributed by atoms with Crippen molar-refractivity contribution in [1.29, 1.82) is 0 Å². The molecule has 6 heteroatoms. The highest BCUT2D eigenvalue weighted by Gasteiger charge is 2.19. The van der Waals surface area contributed by atoms with Crippen molar-refractivity contribution in [3.05, 3.63) is 122 Å². The zero-order valence-electron chi connectivity index (χ0n) is 43.1. The monoisotopic (exact) mass is 927 g/mol. The van der Waals surface area contributed by atoms with Crippen molar-refractivity contribution in [3.8, 4) is 0 Å². The molecule has 0 heterocycles. The van der Waals surface area contributed by atoms with Gasteiger partial charge in [0.25, 0.3) is 0 Å². The largest absolute Gasteiger partial charge is 0.462 e. The lowest BCUT2D eigenvalue weighted by atomic mass is 10.0. The Morgan fingerprint density at radius 2 is 0.612 bits per heavy atom. The summed E-state index contributed by atoms with van der Waals surface area (Å²) >= 11 is 0. The molecule has 0 aliphatic heterocycles. The summed E-state index contributed by atoms with van der Waals surface area (Å²) in [7, 11) is 0. The van der Waals surface area contributed by atoms with Gasteiger partial charge in [-0.2, -0.15) is 0 Å². The molecule has 0 radical (unpaired) electrons. The van der Waals surface area contributed by atoms with Gasteiger partial charge in [0.1, 0.15) is 13.2 Å². The van der Waals surface area contributed by atoms with Gasteiger partial charge in [-0.05, 0) is 96.3 Å². The van der Waals surface area contributed by atoms with Gasteiger partial charge in [0.15, 0.2) is 6.10 Å². The second kappa shape index (κ2) is 54.4. The van der Waals surface area contributed by atoms with Gasteiger partial charge in [-0.15, -0.1) is 0 Å². The Balaban J connectivity index is 4.56. The molecule has 0 rings (SSSR count). The van der Waals surface area contributed by atoms with Gasteiger partial charge in [-0.1, -0.05) is 232 Å². The zero-order chi connectivity index (χ0) is 48.6. The predicted octanol–water partition coefficient (Wildman–Crippen LogP) is 18.1. The van der Waals surface area contributed by atoms with Crippen LogP contribution in [0.2, 0.25) is 0 Å². The van der Waals surface area contributed by atoms with Crippen molar-refractivity contribution in [2.75, 3.05) is 13.2 Å². The Morgan fingerprint density at radius 1 is 0.313 bits per heavy atom. The molecule has 0 N–H and O–H groups in total. The first-order chi connectivity index (χ1) is 33.0. The van der Waals surface area contributed by atoms with E-state index in [2.05, 4.69) is 130 Å². The molecule has 0 aromatic carbocycles. The number of rotatable bonds is 47. The highest BCUT2D eigenvalue weighted by atomic mass is 16.6. The first kappa shape index (κ1) is 62.8. The maximum Gasteiger partial charge on any atom is 0.306 e. The van der Waals surface area contributed by atoms with E-state index in [1.54, 1.807) is 0 Å². The van der Waals surface area contributed by atoms with E-state index < -0.39 is 6.10 Å². The lowest BCUT2D eigenvalue weighted by Gasteiger charge is -2.18. The van der Waals surface area contributed by atoms with Gasteiger partial charge in [0.2, 0.25) is 0 Å². The van der Waals surface area contributed by atoms with Crippen LogP contribution in [0.25, 0.3) is 0 Å². The quantitative estimate of drug-likeness (QED) is 0.0262. The van der Waals surface area contributed by atoms with Crippen LogP contribution in [0, 0.1) is 0 Å². The van der Waals surface area contributed by atoms with Crippen LogP contribution >= 0.6 is 0 Å². The standard InChI is InChI=1S/C61H98O6/c1-4-7-10-13-16-19-22-25-27-29-30-32-33-36-39-42-45-48-51-54-60(63)66-57-58(56-65-59(62)53-50-47-44-41-38-35-24-21-18-15-12-9-6-3)67-61(64)55-52-49-46-43-40-37-34-31-28-26-23-20-17-14-11-8-5-2/h7-8,10-11,16-17,19-20,25-28,30,32,34,36-37,39,45,48,58H,4-6,9,12-15,18,21-24,29,31,33,35,38,40-44,46-47,49-57H2,1-3H3/b10-7-,11-8-,19-16-,20-17-,27-25-,28-26-,32-30-,37-34-,39-36-,48-45-/t58-/m0/s1. The molecule has 67 heavy (non-hydrogen) atoms. The van der Waals surface area contributed by atoms with Gasteiger partial charge in [0, 0.05) is 19.3 Å². The van der Waals surface area contributed by atoms with E-state index >= 15 is 0 Å². The number of hydrogen-bond donors (Lipinski definition) is 0. The van der Waals surface area contributed by atoms with Crippen LogP contribution in [-0.4, -0.2) is 37.2 Å². The fraction of sp³-hybridized carbons (Fsp3) is 0.623. The third-order valence-corrected chi connectivity index (χ3v) is 11.0. The minimum atomic E-state index is -0.823. The molecule has 0 aliphatic rings. The Morgan fingerprint density at radius 3 is 1.00 bits per heavy atom. The average Bonchev–Trinajstić information content (AvgIpc) is 3.33. The molecule has 1 atom stereocenters. The molecule has 0 saturated carbocycles. The predicted molar refractivity (Wildman–Crippen MR) is 288 cm³/mol. The number of unbranched alkanes of at least 4 members (excludes halogenated alkanes) is 16. The first-order valence-electron chi connectivity index (χ1n) is 27.0. The van der Waals surface area contributed by atoms with Gasteiger partial charge in [-0.25, -0.2) is 0 Å². The molecular weight excluding hydrogens is 829 g/mol. The molecule has 0 bridgehead atoms. The van der Waals surface area contributed by atoms with Crippen LogP contribution in [-0.2, 0) is 28.6 Å². The molecule has 0 unspecified atom stereocenters. The van der Waals surface area contributed by atoms with Crippen LogP contribution < -0.4 is 0 Å². The summed E-state index contributed by atoms with van der Waals surface area (Å²) in [4.78, 5) is 38.0. The highest BCUT2D eigenvalue weighted by Crippen LogP contribution is 2.14. The zero-order valence-corrected chi connectivity index (χ0v) is 43.1. The van der Waals surface area contributed by atoms with E-state index in [0.29, 0.717) is 12.8 Å². The molecule has 378 valence electrons. The molecule has 0 saturated heterocycles. The number of allylic oxidation sites excluding steroid dienone is 20. The fourth-order valence-corrected chi connectivity index (χ4v) is 6.99. The van der Waals surface area contributed by atoms with Crippen LogP contribution in [0.4, 0.5) is 0 Å². The van der Waals surface area contributed by atoms with E-state index in [-0.39, 0.29) is 44.0 Å². The maximum absolute atomic E-state index is 12.8. The number of hydrogen-bond acceptors (Lipinski definition) is 6. The fourth-order valence-electron chi connectivity index (χ4n) is 6.99. The van der Waals surface area contributed by atoms with Crippen LogP contribution in [0.1, 0.15) is 226 Å². The van der Waals surface area contributed by atoms with Crippen molar-refractivity contribution >= 4 is 17.9 Å². The molecule has 0 aliphatic carbocycles. The van der Waals surface area contributed by atoms with Crippen molar-refractivity contribution in [1.82, 2.24) is 0 Å². The van der Waals surface area contributed by atoms with E-state index in [9.17, 15) is 14.4 Å². The van der Waals surface area contributed by atoms with E-state index in [0.717, 1.165) is 116 Å². The topological polar surface area (TPSA) is 78.9 Å². The summed E-state index contributed by atoms with van der Waals surface area (Å²) in [6, 6.07) is 0. The van der Waals surface area contributed by atoms with Gasteiger partial charge >= 0.3 is 17.9 Å². The van der Waals surface area contributed by atoms with Crippen LogP contribution in [0.5, 0.6) is 0 Å². The maximum atomic E-state index is 12.8. The molecule has 0 fully saturated rings. The lowest BCUT2D eigenvalue weighted by Crippen LogP contribution is -2.30. The number of ether oxygens (including phenoxy) is 3. The van der Waals surface area contributed by atoms with Gasteiger partial charge < -0.3 is 14.2 Å². The highest BCUT2D eigenvalue weighted by molar-refractivity contribution is 5.71. The first-order valence-corrected chi connectivity index (χ1v) is 27.0. The van der Waals surface area contributed by atoms with Crippen LogP contribution in [0.15, 0.2) is 122 Å². The van der Waals surface area contributed by atoms with E-state index in [1.807, 2.05) is 12.2 Å². The summed E-state index contributed by atoms with van der Waals surface area (Å²) in [5, 5.41) is 0. The van der Waals surface area contributed by atoms with Crippen molar-refractivity contribution in [2.45, 2.75) is 232 Å². The SMILES string of the molecule is CC/C=C\C/C=C\C/C=C\C/C=C\C/C=C\C/C=C\CCC(=O)OC[C@H](COC(=O)CCCCCCCCCCCCCCC)OC(=O)CCCCCC/C=C\C/C=C\C/C=C\C/C=C\CC. The van der Waals surface area contributed by atoms with Crippen molar-refractivity contribution in [2.24, 2.45) is 0 Å². The minimum absolute atomic E-state index is 0.113. The van der Waals surface area contributed by atoms with E-state index in [1.165, 1.54) is 64.2 Å². The Kier molecular flexibility index (Phi) is 51.0. The second-order valence-electron chi connectivity index (χ2n) is 17.4. The smallest absolute Gasteiger partial charge is 0.306 e. The average molecular weight is 927 g/mol. The molecule has 0 spiro atoms. The number of esters is 3. The molecule has 6 nitrogen and oxygen atoms in total. The lowest BCUT2D eigenvalue weighted by molar-refractivity contribution is -0.166. The third-order valence-electron chi connectivity index (χ3n) is 11.0. The van der Waals surface area contributed by atoms with Gasteiger partial charge in [0.05, 0.1) is 0 Å². The number of carbonyl (C=O) groups is 3. The van der Waals surface area contributed by atoms with Crippen molar-refractivity contribution in [3.63, 3.8) is 0 Å². The summed E-state index contributed by atoms with van der Waals surface area (Å²) in [5.41, 5.74) is 0. The van der Waals surface area contributed by atoms with E-state index in [4.69, 9.17) is 14.2 Å². The molecule has 0 aromatic rings. The Hall–Kier alpha value is -4.19. The summed E-state index contributed by atoms with van der Waals surface area (Å²) in [5.74, 6) is -1.03. The molecule has 0 aromatic heterocycles. The third kappa shape index (κ3) is 52.6. The van der Waals surface area contributed by atoms with Crippen LogP contribution in [0.3, 0.4) is 0 Å².